The molecule has 0 aliphatic rings. The summed E-state index contributed by atoms with van der Waals surface area (Å²) in [6.45, 7) is 3.82. The van der Waals surface area contributed by atoms with E-state index >= 15 is 0 Å². The van der Waals surface area contributed by atoms with Crippen LogP contribution in [-0.4, -0.2) is 24.0 Å². The molecule has 0 aliphatic carbocycles. The van der Waals surface area contributed by atoms with Crippen LogP contribution in [0.15, 0.2) is 41.8 Å². The lowest BCUT2D eigenvalue weighted by atomic mass is 10.1. The predicted molar refractivity (Wildman–Crippen MR) is 102 cm³/mol. The summed E-state index contributed by atoms with van der Waals surface area (Å²) >= 11 is 1.49. The quantitative estimate of drug-likeness (QED) is 0.693. The van der Waals surface area contributed by atoms with Gasteiger partial charge in [0, 0.05) is 10.3 Å². The van der Waals surface area contributed by atoms with Crippen LogP contribution >= 0.6 is 11.3 Å². The van der Waals surface area contributed by atoms with Gasteiger partial charge in [0.2, 0.25) is 0 Å². The van der Waals surface area contributed by atoms with E-state index < -0.39 is 6.04 Å². The molecule has 134 valence electrons. The molecule has 1 atom stereocenters. The highest BCUT2D eigenvalue weighted by atomic mass is 32.1. The van der Waals surface area contributed by atoms with Gasteiger partial charge in [-0.3, -0.25) is 14.6 Å². The Bertz CT molecular complexity index is 951. The van der Waals surface area contributed by atoms with Crippen LogP contribution in [-0.2, 0) is 9.53 Å². The number of thiophene rings is 1. The van der Waals surface area contributed by atoms with Gasteiger partial charge < -0.3 is 10.1 Å². The van der Waals surface area contributed by atoms with Crippen LogP contribution in [0.4, 0.5) is 0 Å². The highest BCUT2D eigenvalue weighted by Crippen LogP contribution is 2.24. The average Bonchev–Trinajstić information content (AvgIpc) is 3.15. The maximum atomic E-state index is 12.9. The number of methoxy groups -OCH3 is 1. The van der Waals surface area contributed by atoms with Crippen LogP contribution in [0.3, 0.4) is 0 Å². The number of benzene rings is 1. The van der Waals surface area contributed by atoms with Gasteiger partial charge in [-0.2, -0.15) is 0 Å². The van der Waals surface area contributed by atoms with Gasteiger partial charge >= 0.3 is 5.97 Å². The minimum absolute atomic E-state index is 0.0852. The summed E-state index contributed by atoms with van der Waals surface area (Å²) in [5, 5.41) is 5.78. The van der Waals surface area contributed by atoms with E-state index in [0.29, 0.717) is 11.3 Å². The first-order valence-corrected chi connectivity index (χ1v) is 9.15. The molecular weight excluding hydrogens is 348 g/mol. The summed E-state index contributed by atoms with van der Waals surface area (Å²) in [6, 6.07) is 11.2. The second-order valence-electron chi connectivity index (χ2n) is 6.14. The normalized spacial score (nSPS) is 12.0. The van der Waals surface area contributed by atoms with Crippen molar-refractivity contribution in [2.24, 2.45) is 0 Å². The van der Waals surface area contributed by atoms with Gasteiger partial charge in [-0.15, -0.1) is 11.3 Å². The fourth-order valence-corrected chi connectivity index (χ4v) is 3.60. The van der Waals surface area contributed by atoms with Gasteiger partial charge in [0.25, 0.3) is 5.91 Å². The number of amides is 1. The Morgan fingerprint density at radius 3 is 2.73 bits per heavy atom. The third-order valence-corrected chi connectivity index (χ3v) is 5.18. The number of hydrogen-bond acceptors (Lipinski definition) is 5. The standard InChI is InChI=1S/C20H20N2O3S/c1-12-6-7-16-14(9-12)10-15(13(2)21-16)20(24)22-17(11-19(23)25-3)18-5-4-8-26-18/h4-10,17H,11H2,1-3H3,(H,22,24). The highest BCUT2D eigenvalue weighted by molar-refractivity contribution is 7.10. The van der Waals surface area contributed by atoms with Crippen LogP contribution in [0, 0.1) is 13.8 Å². The number of nitrogens with one attached hydrogen (secondary N) is 1. The minimum atomic E-state index is -0.428. The van der Waals surface area contributed by atoms with Crippen molar-refractivity contribution in [1.82, 2.24) is 10.3 Å². The number of esters is 1. The van der Waals surface area contributed by atoms with E-state index in [1.807, 2.05) is 55.6 Å². The summed E-state index contributed by atoms with van der Waals surface area (Å²) in [4.78, 5) is 30.0. The third kappa shape index (κ3) is 3.91. The fourth-order valence-electron chi connectivity index (χ4n) is 2.82. The van der Waals surface area contributed by atoms with Crippen LogP contribution in [0.5, 0.6) is 0 Å². The van der Waals surface area contributed by atoms with Crippen LogP contribution < -0.4 is 5.32 Å². The van der Waals surface area contributed by atoms with Gasteiger partial charge in [-0.25, -0.2) is 0 Å². The molecule has 1 unspecified atom stereocenters. The van der Waals surface area contributed by atoms with Gasteiger partial charge in [0.15, 0.2) is 0 Å². The van der Waals surface area contributed by atoms with E-state index in [4.69, 9.17) is 4.74 Å². The predicted octanol–water partition coefficient (Wildman–Crippen LogP) is 3.95. The van der Waals surface area contributed by atoms with Crippen LogP contribution in [0.2, 0.25) is 0 Å². The number of aryl methyl sites for hydroxylation is 2. The molecule has 0 saturated carbocycles. The number of carbonyl (C=O) groups excluding carboxylic acids is 2. The van der Waals surface area contributed by atoms with Crippen molar-refractivity contribution >= 4 is 34.1 Å². The van der Waals surface area contributed by atoms with Crippen molar-refractivity contribution < 1.29 is 14.3 Å². The fraction of sp³-hybridized carbons (Fsp3) is 0.250. The molecule has 0 radical (unpaired) electrons. The summed E-state index contributed by atoms with van der Waals surface area (Å²) in [5.41, 5.74) is 3.13. The number of aromatic nitrogens is 1. The number of carbonyl (C=O) groups is 2. The number of nitrogens with zero attached hydrogens (tertiary/aromatic N) is 1. The Morgan fingerprint density at radius 1 is 1.23 bits per heavy atom. The van der Waals surface area contributed by atoms with E-state index in [0.717, 1.165) is 21.3 Å². The molecule has 5 nitrogen and oxygen atoms in total. The zero-order valence-electron chi connectivity index (χ0n) is 14.9. The minimum Gasteiger partial charge on any atom is -0.469 e. The summed E-state index contributed by atoms with van der Waals surface area (Å²) in [5.74, 6) is -0.617. The Morgan fingerprint density at radius 2 is 2.04 bits per heavy atom. The smallest absolute Gasteiger partial charge is 0.307 e. The Hall–Kier alpha value is -2.73. The van der Waals surface area contributed by atoms with Crippen LogP contribution in [0.1, 0.15) is 39.0 Å². The Balaban J connectivity index is 1.90. The van der Waals surface area contributed by atoms with Gasteiger partial charge in [0.05, 0.1) is 36.3 Å². The zero-order chi connectivity index (χ0) is 18.7. The molecule has 0 aliphatic heterocycles. The monoisotopic (exact) mass is 368 g/mol. The summed E-state index contributed by atoms with van der Waals surface area (Å²) < 4.78 is 4.76. The number of hydrogen-bond donors (Lipinski definition) is 1. The second kappa shape index (κ2) is 7.66. The third-order valence-electron chi connectivity index (χ3n) is 4.20. The Kier molecular flexibility index (Phi) is 5.32. The van der Waals surface area contributed by atoms with Crippen molar-refractivity contribution in [1.29, 1.82) is 0 Å². The molecule has 2 heterocycles. The number of rotatable bonds is 5. The first-order chi connectivity index (χ1) is 12.5. The van der Waals surface area contributed by atoms with E-state index in [1.165, 1.54) is 18.4 Å². The topological polar surface area (TPSA) is 68.3 Å². The number of ether oxygens (including phenoxy) is 1. The van der Waals surface area contributed by atoms with Crippen molar-refractivity contribution in [2.45, 2.75) is 26.3 Å². The largest absolute Gasteiger partial charge is 0.469 e. The maximum absolute atomic E-state index is 12.9. The molecule has 3 rings (SSSR count). The van der Waals surface area contributed by atoms with Crippen molar-refractivity contribution in [3.8, 4) is 0 Å². The molecule has 2 aromatic heterocycles. The molecule has 1 aromatic carbocycles. The van der Waals surface area contributed by atoms with E-state index in [2.05, 4.69) is 10.3 Å². The van der Waals surface area contributed by atoms with Crippen molar-refractivity contribution in [3.05, 3.63) is 63.5 Å². The molecule has 1 amide bonds. The molecule has 0 bridgehead atoms. The molecule has 26 heavy (non-hydrogen) atoms. The average molecular weight is 368 g/mol. The van der Waals surface area contributed by atoms with E-state index in [-0.39, 0.29) is 18.3 Å². The first-order valence-electron chi connectivity index (χ1n) is 8.27. The van der Waals surface area contributed by atoms with Gasteiger partial charge in [-0.1, -0.05) is 17.7 Å². The van der Waals surface area contributed by atoms with E-state index in [9.17, 15) is 9.59 Å². The molecule has 0 spiro atoms. The molecule has 3 aromatic rings. The summed E-state index contributed by atoms with van der Waals surface area (Å²) in [6.07, 6.45) is 0.0852. The molecule has 1 N–H and O–H groups in total. The van der Waals surface area contributed by atoms with Crippen molar-refractivity contribution in [3.63, 3.8) is 0 Å². The lowest BCUT2D eigenvalue weighted by Crippen LogP contribution is -2.30. The summed E-state index contributed by atoms with van der Waals surface area (Å²) in [7, 11) is 1.34. The van der Waals surface area contributed by atoms with Crippen molar-refractivity contribution in [2.75, 3.05) is 7.11 Å². The highest BCUT2D eigenvalue weighted by Gasteiger charge is 2.22. The van der Waals surface area contributed by atoms with Gasteiger partial charge in [-0.05, 0) is 43.5 Å². The molecular formula is C20H20N2O3S. The second-order valence-corrected chi connectivity index (χ2v) is 7.12. The lowest BCUT2D eigenvalue weighted by molar-refractivity contribution is -0.141. The van der Waals surface area contributed by atoms with Gasteiger partial charge in [0.1, 0.15) is 0 Å². The number of pyridine rings is 1. The SMILES string of the molecule is COC(=O)CC(NC(=O)c1cc2cc(C)ccc2nc1C)c1cccs1. The van der Waals surface area contributed by atoms with Crippen LogP contribution in [0.25, 0.3) is 10.9 Å². The molecule has 0 fully saturated rings. The Labute approximate surface area is 156 Å². The maximum Gasteiger partial charge on any atom is 0.307 e. The lowest BCUT2D eigenvalue weighted by Gasteiger charge is -2.17. The van der Waals surface area contributed by atoms with E-state index in [1.54, 1.807) is 0 Å². The zero-order valence-corrected chi connectivity index (χ0v) is 15.7. The number of fused-ring (bicyclic) bond motifs is 1. The first kappa shape index (κ1) is 18.1. The molecule has 0 saturated heterocycles. The molecule has 6 heteroatoms.